The van der Waals surface area contributed by atoms with E-state index in [0.717, 1.165) is 0 Å². The molecule has 0 radical (unpaired) electrons. The first-order chi connectivity index (χ1) is 13.0. The van der Waals surface area contributed by atoms with Crippen LogP contribution in [0.15, 0.2) is 42.5 Å². The standard InChI is InChI=1S/C19H19NO7/c1-24-14-8-9-16(25-2)15(10-14)20-17(21)11-27-19(23)13-6-4-12(5-7-13)18(22)26-3/h4-10H,11H2,1-3H3,(H,20,21). The minimum absolute atomic E-state index is 0.203. The predicted molar refractivity (Wildman–Crippen MR) is 96.2 cm³/mol. The van der Waals surface area contributed by atoms with E-state index in [2.05, 4.69) is 10.1 Å². The first-order valence-electron chi connectivity index (χ1n) is 7.86. The summed E-state index contributed by atoms with van der Waals surface area (Å²) in [5.74, 6) is -0.774. The molecule has 0 spiro atoms. The molecule has 0 bridgehead atoms. The first kappa shape index (κ1) is 19.8. The summed E-state index contributed by atoms with van der Waals surface area (Å²) in [6.45, 7) is -0.488. The maximum atomic E-state index is 12.1. The minimum Gasteiger partial charge on any atom is -0.497 e. The third-order valence-electron chi connectivity index (χ3n) is 3.56. The minimum atomic E-state index is -0.695. The van der Waals surface area contributed by atoms with E-state index in [0.29, 0.717) is 22.7 Å². The number of methoxy groups -OCH3 is 3. The lowest BCUT2D eigenvalue weighted by Gasteiger charge is -2.12. The van der Waals surface area contributed by atoms with Gasteiger partial charge in [0.25, 0.3) is 5.91 Å². The van der Waals surface area contributed by atoms with Gasteiger partial charge in [0.2, 0.25) is 0 Å². The lowest BCUT2D eigenvalue weighted by Crippen LogP contribution is -2.21. The van der Waals surface area contributed by atoms with Gasteiger partial charge in [0.1, 0.15) is 11.5 Å². The molecule has 2 aromatic rings. The van der Waals surface area contributed by atoms with Gasteiger partial charge in [-0.1, -0.05) is 0 Å². The molecule has 142 valence electrons. The fourth-order valence-corrected chi connectivity index (χ4v) is 2.17. The van der Waals surface area contributed by atoms with E-state index in [1.165, 1.54) is 45.6 Å². The molecule has 1 N–H and O–H groups in total. The number of benzene rings is 2. The van der Waals surface area contributed by atoms with Crippen molar-refractivity contribution in [1.82, 2.24) is 0 Å². The van der Waals surface area contributed by atoms with Gasteiger partial charge in [0.15, 0.2) is 6.61 Å². The van der Waals surface area contributed by atoms with Crippen LogP contribution in [0.3, 0.4) is 0 Å². The van der Waals surface area contributed by atoms with Gasteiger partial charge >= 0.3 is 11.9 Å². The van der Waals surface area contributed by atoms with Crippen molar-refractivity contribution in [3.63, 3.8) is 0 Å². The molecule has 8 heteroatoms. The molecule has 0 aliphatic carbocycles. The van der Waals surface area contributed by atoms with E-state index in [-0.39, 0.29) is 5.56 Å². The van der Waals surface area contributed by atoms with Crippen molar-refractivity contribution in [2.45, 2.75) is 0 Å². The van der Waals surface area contributed by atoms with Crippen LogP contribution in [0.25, 0.3) is 0 Å². The Morgan fingerprint density at radius 1 is 0.852 bits per heavy atom. The Morgan fingerprint density at radius 2 is 1.48 bits per heavy atom. The van der Waals surface area contributed by atoms with Crippen LogP contribution in [0, 0.1) is 0 Å². The smallest absolute Gasteiger partial charge is 0.338 e. The third-order valence-corrected chi connectivity index (χ3v) is 3.56. The number of hydrogen-bond donors (Lipinski definition) is 1. The van der Waals surface area contributed by atoms with Crippen molar-refractivity contribution in [3.05, 3.63) is 53.6 Å². The fourth-order valence-electron chi connectivity index (χ4n) is 2.17. The van der Waals surface area contributed by atoms with Crippen molar-refractivity contribution in [1.29, 1.82) is 0 Å². The molecule has 8 nitrogen and oxygen atoms in total. The number of rotatable bonds is 7. The number of hydrogen-bond acceptors (Lipinski definition) is 7. The zero-order chi connectivity index (χ0) is 19.8. The molecule has 0 aromatic heterocycles. The van der Waals surface area contributed by atoms with Gasteiger partial charge in [-0.2, -0.15) is 0 Å². The third kappa shape index (κ3) is 5.21. The van der Waals surface area contributed by atoms with Gasteiger partial charge in [-0.05, 0) is 36.4 Å². The normalized spacial score (nSPS) is 9.89. The summed E-state index contributed by atoms with van der Waals surface area (Å²) in [7, 11) is 4.23. The molecular weight excluding hydrogens is 354 g/mol. The molecule has 27 heavy (non-hydrogen) atoms. The summed E-state index contributed by atoms with van der Waals surface area (Å²) in [5.41, 5.74) is 0.895. The van der Waals surface area contributed by atoms with Crippen molar-refractivity contribution in [2.75, 3.05) is 33.3 Å². The molecule has 0 saturated heterocycles. The number of carbonyl (C=O) groups excluding carboxylic acids is 3. The topological polar surface area (TPSA) is 100 Å². The fraction of sp³-hybridized carbons (Fsp3) is 0.211. The van der Waals surface area contributed by atoms with Crippen LogP contribution in [0.1, 0.15) is 20.7 Å². The van der Waals surface area contributed by atoms with E-state index in [1.807, 2.05) is 0 Å². The Labute approximate surface area is 156 Å². The van der Waals surface area contributed by atoms with Crippen LogP contribution in [0.5, 0.6) is 11.5 Å². The van der Waals surface area contributed by atoms with Crippen molar-refractivity contribution in [3.8, 4) is 11.5 Å². The van der Waals surface area contributed by atoms with E-state index >= 15 is 0 Å². The van der Waals surface area contributed by atoms with Crippen LogP contribution in [0.2, 0.25) is 0 Å². The van der Waals surface area contributed by atoms with E-state index < -0.39 is 24.5 Å². The number of anilines is 1. The Hall–Kier alpha value is -3.55. The van der Waals surface area contributed by atoms with Crippen molar-refractivity contribution in [2.24, 2.45) is 0 Å². The number of amides is 1. The lowest BCUT2D eigenvalue weighted by molar-refractivity contribution is -0.119. The average molecular weight is 373 g/mol. The molecule has 2 aromatic carbocycles. The van der Waals surface area contributed by atoms with Crippen LogP contribution in [0.4, 0.5) is 5.69 Å². The molecule has 1 amide bonds. The quantitative estimate of drug-likeness (QED) is 0.743. The van der Waals surface area contributed by atoms with Crippen LogP contribution in [-0.4, -0.2) is 45.8 Å². The molecule has 0 unspecified atom stereocenters. The second-order valence-electron chi connectivity index (χ2n) is 5.26. The number of carbonyl (C=O) groups is 3. The SMILES string of the molecule is COC(=O)c1ccc(C(=O)OCC(=O)Nc2cc(OC)ccc2OC)cc1. The molecule has 0 atom stereocenters. The summed E-state index contributed by atoms with van der Waals surface area (Å²) < 4.78 is 19.8. The van der Waals surface area contributed by atoms with Crippen LogP contribution < -0.4 is 14.8 Å². The highest BCUT2D eigenvalue weighted by Gasteiger charge is 2.14. The monoisotopic (exact) mass is 373 g/mol. The second-order valence-corrected chi connectivity index (χ2v) is 5.26. The van der Waals surface area contributed by atoms with E-state index in [4.69, 9.17) is 14.2 Å². The molecule has 0 saturated carbocycles. The zero-order valence-corrected chi connectivity index (χ0v) is 15.1. The molecule has 0 aliphatic heterocycles. The highest BCUT2D eigenvalue weighted by Crippen LogP contribution is 2.28. The van der Waals surface area contributed by atoms with Gasteiger partial charge < -0.3 is 24.3 Å². The summed E-state index contributed by atoms with van der Waals surface area (Å²) >= 11 is 0. The Bertz CT molecular complexity index is 830. The zero-order valence-electron chi connectivity index (χ0n) is 15.1. The second kappa shape index (κ2) is 9.23. The summed E-state index contributed by atoms with van der Waals surface area (Å²) in [4.78, 5) is 35.4. The maximum Gasteiger partial charge on any atom is 0.338 e. The molecule has 0 aliphatic rings. The predicted octanol–water partition coefficient (Wildman–Crippen LogP) is 2.29. The molecule has 2 rings (SSSR count). The highest BCUT2D eigenvalue weighted by molar-refractivity contribution is 5.97. The molecule has 0 fully saturated rings. The van der Waals surface area contributed by atoms with Gasteiger partial charge in [0, 0.05) is 6.07 Å². The summed E-state index contributed by atoms with van der Waals surface area (Å²) in [6.07, 6.45) is 0. The van der Waals surface area contributed by atoms with Gasteiger partial charge in [0.05, 0.1) is 38.1 Å². The Balaban J connectivity index is 1.95. The summed E-state index contributed by atoms with van der Waals surface area (Å²) in [5, 5.41) is 2.59. The van der Waals surface area contributed by atoms with Crippen molar-refractivity contribution >= 4 is 23.5 Å². The van der Waals surface area contributed by atoms with Gasteiger partial charge in [-0.3, -0.25) is 4.79 Å². The lowest BCUT2D eigenvalue weighted by atomic mass is 10.1. The van der Waals surface area contributed by atoms with Crippen LogP contribution in [-0.2, 0) is 14.3 Å². The number of ether oxygens (including phenoxy) is 4. The molecule has 0 heterocycles. The summed E-state index contributed by atoms with van der Waals surface area (Å²) in [6, 6.07) is 10.6. The number of esters is 2. The number of nitrogens with one attached hydrogen (secondary N) is 1. The van der Waals surface area contributed by atoms with Crippen molar-refractivity contribution < 1.29 is 33.3 Å². The van der Waals surface area contributed by atoms with E-state index in [1.54, 1.807) is 18.2 Å². The van der Waals surface area contributed by atoms with Gasteiger partial charge in [-0.25, -0.2) is 9.59 Å². The van der Waals surface area contributed by atoms with Gasteiger partial charge in [-0.15, -0.1) is 0 Å². The first-order valence-corrected chi connectivity index (χ1v) is 7.86. The average Bonchev–Trinajstić information content (AvgIpc) is 2.71. The maximum absolute atomic E-state index is 12.1. The highest BCUT2D eigenvalue weighted by atomic mass is 16.5. The van der Waals surface area contributed by atoms with E-state index in [9.17, 15) is 14.4 Å². The Morgan fingerprint density at radius 3 is 2.04 bits per heavy atom. The van der Waals surface area contributed by atoms with Crippen LogP contribution >= 0.6 is 0 Å². The molecular formula is C19H19NO7. The Kier molecular flexibility index (Phi) is 6.76. The largest absolute Gasteiger partial charge is 0.497 e.